The molecule has 0 aromatic heterocycles. The average molecular weight is 309 g/mol. The third-order valence-corrected chi connectivity index (χ3v) is 3.79. The molecule has 0 heterocycles. The Bertz CT molecular complexity index is 405. The summed E-state index contributed by atoms with van der Waals surface area (Å²) in [6, 6.07) is 6.15. The first kappa shape index (κ1) is 18.8. The normalized spacial score (nSPS) is 12.2. The van der Waals surface area contributed by atoms with Gasteiger partial charge in [0.15, 0.2) is 11.5 Å². The molecule has 1 unspecified atom stereocenters. The van der Waals surface area contributed by atoms with Gasteiger partial charge in [0.25, 0.3) is 0 Å². The van der Waals surface area contributed by atoms with Crippen molar-refractivity contribution in [3.8, 4) is 11.5 Å². The van der Waals surface area contributed by atoms with Gasteiger partial charge in [-0.25, -0.2) is 0 Å². The molecule has 0 aliphatic carbocycles. The summed E-state index contributed by atoms with van der Waals surface area (Å²) in [5.74, 6) is 1.57. The highest BCUT2D eigenvalue weighted by Crippen LogP contribution is 2.28. The van der Waals surface area contributed by atoms with Gasteiger partial charge in [0.05, 0.1) is 20.3 Å². The van der Waals surface area contributed by atoms with E-state index in [1.54, 1.807) is 7.11 Å². The van der Waals surface area contributed by atoms with Gasteiger partial charge >= 0.3 is 0 Å². The molecular formula is C18H31NO3. The van der Waals surface area contributed by atoms with Gasteiger partial charge < -0.3 is 19.9 Å². The Morgan fingerprint density at radius 3 is 2.59 bits per heavy atom. The quantitative estimate of drug-likeness (QED) is 0.580. The number of benzene rings is 1. The molecule has 1 atom stereocenters. The van der Waals surface area contributed by atoms with Crippen molar-refractivity contribution >= 4 is 0 Å². The van der Waals surface area contributed by atoms with Gasteiger partial charge in [-0.3, -0.25) is 0 Å². The highest BCUT2D eigenvalue weighted by molar-refractivity contribution is 5.42. The van der Waals surface area contributed by atoms with Crippen LogP contribution in [0.5, 0.6) is 11.5 Å². The fourth-order valence-corrected chi connectivity index (χ4v) is 2.25. The Labute approximate surface area is 134 Å². The van der Waals surface area contributed by atoms with Crippen molar-refractivity contribution in [2.24, 2.45) is 0 Å². The zero-order valence-corrected chi connectivity index (χ0v) is 14.2. The predicted molar refractivity (Wildman–Crippen MR) is 90.6 cm³/mol. The van der Waals surface area contributed by atoms with Crippen LogP contribution >= 0.6 is 0 Å². The van der Waals surface area contributed by atoms with E-state index in [1.165, 1.54) is 19.3 Å². The maximum atomic E-state index is 9.20. The summed E-state index contributed by atoms with van der Waals surface area (Å²) in [7, 11) is 1.67. The molecule has 0 radical (unpaired) electrons. The molecule has 4 nitrogen and oxygen atoms in total. The Morgan fingerprint density at radius 2 is 1.95 bits per heavy atom. The molecule has 22 heavy (non-hydrogen) atoms. The van der Waals surface area contributed by atoms with Crippen molar-refractivity contribution < 1.29 is 14.6 Å². The van der Waals surface area contributed by atoms with Crippen LogP contribution in [0.4, 0.5) is 0 Å². The van der Waals surface area contributed by atoms with Crippen molar-refractivity contribution in [2.45, 2.75) is 58.5 Å². The second-order valence-corrected chi connectivity index (χ2v) is 5.56. The fraction of sp³-hybridized carbons (Fsp3) is 0.667. The molecule has 1 aromatic carbocycles. The van der Waals surface area contributed by atoms with Gasteiger partial charge in [0, 0.05) is 12.6 Å². The first-order valence-corrected chi connectivity index (χ1v) is 8.39. The summed E-state index contributed by atoms with van der Waals surface area (Å²) in [5.41, 5.74) is 1.13. The van der Waals surface area contributed by atoms with Crippen LogP contribution in [0.1, 0.15) is 51.5 Å². The monoisotopic (exact) mass is 309 g/mol. The van der Waals surface area contributed by atoms with E-state index in [4.69, 9.17) is 9.47 Å². The largest absolute Gasteiger partial charge is 0.493 e. The maximum Gasteiger partial charge on any atom is 0.161 e. The highest BCUT2D eigenvalue weighted by atomic mass is 16.5. The van der Waals surface area contributed by atoms with E-state index in [0.717, 1.165) is 36.5 Å². The Hall–Kier alpha value is -1.26. The van der Waals surface area contributed by atoms with Crippen LogP contribution in [-0.2, 0) is 6.54 Å². The maximum absolute atomic E-state index is 9.20. The van der Waals surface area contributed by atoms with E-state index in [2.05, 4.69) is 19.2 Å². The van der Waals surface area contributed by atoms with Gasteiger partial charge in [-0.05, 0) is 30.5 Å². The minimum atomic E-state index is 0.139. The van der Waals surface area contributed by atoms with E-state index >= 15 is 0 Å². The van der Waals surface area contributed by atoms with Crippen LogP contribution in [0.3, 0.4) is 0 Å². The molecule has 2 N–H and O–H groups in total. The zero-order chi connectivity index (χ0) is 16.2. The smallest absolute Gasteiger partial charge is 0.161 e. The SMILES string of the molecule is CCCCCCOc1ccc(CNC(CC)CO)cc1OC. The third kappa shape index (κ3) is 6.67. The average Bonchev–Trinajstić information content (AvgIpc) is 2.56. The van der Waals surface area contributed by atoms with E-state index in [-0.39, 0.29) is 12.6 Å². The molecule has 1 rings (SSSR count). The number of hydrogen-bond acceptors (Lipinski definition) is 4. The molecule has 0 amide bonds. The lowest BCUT2D eigenvalue weighted by Gasteiger charge is -2.15. The minimum absolute atomic E-state index is 0.139. The van der Waals surface area contributed by atoms with Gasteiger partial charge in [-0.1, -0.05) is 39.2 Å². The number of aliphatic hydroxyl groups is 1. The van der Waals surface area contributed by atoms with Crippen molar-refractivity contribution in [3.05, 3.63) is 23.8 Å². The molecule has 0 fully saturated rings. The molecule has 0 bridgehead atoms. The van der Waals surface area contributed by atoms with Crippen molar-refractivity contribution in [3.63, 3.8) is 0 Å². The second kappa shape index (κ2) is 11.3. The molecule has 0 saturated carbocycles. The number of hydrogen-bond donors (Lipinski definition) is 2. The fourth-order valence-electron chi connectivity index (χ4n) is 2.25. The van der Waals surface area contributed by atoms with E-state index < -0.39 is 0 Å². The molecular weight excluding hydrogens is 278 g/mol. The molecule has 0 saturated heterocycles. The number of unbranched alkanes of at least 4 members (excludes halogenated alkanes) is 3. The van der Waals surface area contributed by atoms with Crippen LogP contribution in [0, 0.1) is 0 Å². The van der Waals surface area contributed by atoms with Gasteiger partial charge in [-0.15, -0.1) is 0 Å². The number of rotatable bonds is 12. The Balaban J connectivity index is 2.51. The summed E-state index contributed by atoms with van der Waals surface area (Å²) in [6.07, 6.45) is 5.69. The van der Waals surface area contributed by atoms with E-state index in [0.29, 0.717) is 6.54 Å². The van der Waals surface area contributed by atoms with Crippen LogP contribution in [-0.4, -0.2) is 31.5 Å². The van der Waals surface area contributed by atoms with Gasteiger partial charge in [0.2, 0.25) is 0 Å². The lowest BCUT2D eigenvalue weighted by atomic mass is 10.1. The second-order valence-electron chi connectivity index (χ2n) is 5.56. The highest BCUT2D eigenvalue weighted by Gasteiger charge is 2.08. The summed E-state index contributed by atoms with van der Waals surface area (Å²) in [6.45, 7) is 5.87. The minimum Gasteiger partial charge on any atom is -0.493 e. The van der Waals surface area contributed by atoms with Crippen LogP contribution in [0.25, 0.3) is 0 Å². The Kier molecular flexibility index (Phi) is 9.67. The van der Waals surface area contributed by atoms with Crippen molar-refractivity contribution in [1.29, 1.82) is 0 Å². The molecule has 0 aliphatic heterocycles. The first-order chi connectivity index (χ1) is 10.7. The number of aliphatic hydroxyl groups excluding tert-OH is 1. The number of methoxy groups -OCH3 is 1. The van der Waals surface area contributed by atoms with Crippen LogP contribution in [0.2, 0.25) is 0 Å². The van der Waals surface area contributed by atoms with Gasteiger partial charge in [-0.2, -0.15) is 0 Å². The number of nitrogens with one attached hydrogen (secondary N) is 1. The lowest BCUT2D eigenvalue weighted by molar-refractivity contribution is 0.238. The summed E-state index contributed by atoms with van der Waals surface area (Å²) >= 11 is 0. The van der Waals surface area contributed by atoms with E-state index in [1.807, 2.05) is 18.2 Å². The summed E-state index contributed by atoms with van der Waals surface area (Å²) in [5, 5.41) is 12.5. The van der Waals surface area contributed by atoms with Crippen LogP contribution in [0.15, 0.2) is 18.2 Å². The molecule has 126 valence electrons. The van der Waals surface area contributed by atoms with Crippen LogP contribution < -0.4 is 14.8 Å². The van der Waals surface area contributed by atoms with Crippen molar-refractivity contribution in [2.75, 3.05) is 20.3 Å². The zero-order valence-electron chi connectivity index (χ0n) is 14.2. The molecule has 1 aromatic rings. The van der Waals surface area contributed by atoms with E-state index in [9.17, 15) is 5.11 Å². The summed E-state index contributed by atoms with van der Waals surface area (Å²) in [4.78, 5) is 0. The van der Waals surface area contributed by atoms with Gasteiger partial charge in [0.1, 0.15) is 0 Å². The standard InChI is InChI=1S/C18H31NO3/c1-4-6-7-8-11-22-17-10-9-15(12-18(17)21-3)13-19-16(5-2)14-20/h9-10,12,16,19-20H,4-8,11,13-14H2,1-3H3. The molecule has 0 spiro atoms. The molecule has 4 heteroatoms. The lowest BCUT2D eigenvalue weighted by Crippen LogP contribution is -2.31. The molecule has 0 aliphatic rings. The third-order valence-electron chi connectivity index (χ3n) is 3.79. The van der Waals surface area contributed by atoms with Crippen molar-refractivity contribution in [1.82, 2.24) is 5.32 Å². The first-order valence-electron chi connectivity index (χ1n) is 8.39. The summed E-state index contributed by atoms with van der Waals surface area (Å²) < 4.78 is 11.2. The Morgan fingerprint density at radius 1 is 1.14 bits per heavy atom. The predicted octanol–water partition coefficient (Wildman–Crippen LogP) is 3.51. The number of ether oxygens (including phenoxy) is 2. The topological polar surface area (TPSA) is 50.7 Å².